The summed E-state index contributed by atoms with van der Waals surface area (Å²) in [5.74, 6) is 0. The number of sulfonamides is 1. The minimum atomic E-state index is -3.74. The number of nitrogens with zero attached hydrogens (tertiary/aromatic N) is 3. The van der Waals surface area contributed by atoms with E-state index in [1.165, 1.54) is 0 Å². The average molecular weight is 410 g/mol. The molecule has 5 nitrogen and oxygen atoms in total. The van der Waals surface area contributed by atoms with Crippen molar-refractivity contribution in [3.05, 3.63) is 77.6 Å². The van der Waals surface area contributed by atoms with E-state index in [-0.39, 0.29) is 6.04 Å². The molecule has 0 saturated heterocycles. The maximum Gasteiger partial charge on any atom is 0.268 e. The molecule has 1 atom stereocenters. The third kappa shape index (κ3) is 3.57. The van der Waals surface area contributed by atoms with Crippen LogP contribution >= 0.6 is 0 Å². The zero-order valence-electron chi connectivity index (χ0n) is 17.3. The minimum Gasteiger partial charge on any atom is -0.267 e. The summed E-state index contributed by atoms with van der Waals surface area (Å²) in [6.07, 6.45) is 2.41. The van der Waals surface area contributed by atoms with Gasteiger partial charge in [-0.05, 0) is 30.5 Å². The van der Waals surface area contributed by atoms with Gasteiger partial charge >= 0.3 is 0 Å². The Labute approximate surface area is 173 Å². The van der Waals surface area contributed by atoms with E-state index < -0.39 is 15.4 Å². The summed E-state index contributed by atoms with van der Waals surface area (Å²) in [4.78, 5) is 0.296. The molecule has 0 amide bonds. The van der Waals surface area contributed by atoms with E-state index in [1.807, 2.05) is 82.3 Å². The van der Waals surface area contributed by atoms with Crippen LogP contribution in [0.5, 0.6) is 0 Å². The molecule has 0 aliphatic carbocycles. The van der Waals surface area contributed by atoms with Crippen molar-refractivity contribution in [3.63, 3.8) is 0 Å². The highest BCUT2D eigenvalue weighted by molar-refractivity contribution is 7.93. The Kier molecular flexibility index (Phi) is 4.77. The second kappa shape index (κ2) is 7.02. The Morgan fingerprint density at radius 2 is 1.69 bits per heavy atom. The van der Waals surface area contributed by atoms with E-state index in [1.54, 1.807) is 15.2 Å². The summed E-state index contributed by atoms with van der Waals surface area (Å²) in [7, 11) is -3.74. The normalized spacial score (nSPS) is 16.8. The molecule has 4 rings (SSSR count). The van der Waals surface area contributed by atoms with Crippen molar-refractivity contribution < 1.29 is 8.42 Å². The maximum absolute atomic E-state index is 13.8. The Morgan fingerprint density at radius 3 is 2.38 bits per heavy atom. The molecule has 0 spiro atoms. The molecule has 0 fully saturated rings. The van der Waals surface area contributed by atoms with Crippen molar-refractivity contribution in [3.8, 4) is 0 Å². The van der Waals surface area contributed by atoms with Crippen molar-refractivity contribution >= 4 is 15.7 Å². The first kappa shape index (κ1) is 19.7. The van der Waals surface area contributed by atoms with Crippen LogP contribution in [0.25, 0.3) is 0 Å². The number of para-hydroxylation sites is 1. The molecule has 152 valence electrons. The van der Waals surface area contributed by atoms with E-state index in [9.17, 15) is 8.42 Å². The Bertz CT molecular complexity index is 1130. The standard InChI is InChI=1S/C23H27N3O2S/c1-17-14-19-12-8-9-13-20(19)26(17)29(27,28)21-16-25(24-22(21)23(2,3)4)15-18-10-6-5-7-11-18/h5-13,16-17H,14-15H2,1-4H3. The van der Waals surface area contributed by atoms with Gasteiger partial charge in [-0.3, -0.25) is 8.99 Å². The van der Waals surface area contributed by atoms with Crippen LogP contribution in [-0.2, 0) is 28.4 Å². The Hall–Kier alpha value is -2.60. The topological polar surface area (TPSA) is 55.2 Å². The lowest BCUT2D eigenvalue weighted by atomic mass is 9.92. The molecular formula is C23H27N3O2S. The molecule has 0 N–H and O–H groups in total. The second-order valence-electron chi connectivity index (χ2n) is 8.76. The molecule has 1 aliphatic rings. The zero-order chi connectivity index (χ0) is 20.8. The van der Waals surface area contributed by atoms with Gasteiger partial charge in [-0.25, -0.2) is 8.42 Å². The van der Waals surface area contributed by atoms with Gasteiger partial charge in [0.15, 0.2) is 0 Å². The summed E-state index contributed by atoms with van der Waals surface area (Å²) < 4.78 is 30.9. The number of rotatable bonds is 4. The van der Waals surface area contributed by atoms with Crippen molar-refractivity contribution in [1.82, 2.24) is 9.78 Å². The minimum absolute atomic E-state index is 0.123. The first-order valence-electron chi connectivity index (χ1n) is 9.92. The number of fused-ring (bicyclic) bond motifs is 1. The molecule has 2 heterocycles. The Balaban J connectivity index is 1.81. The SMILES string of the molecule is CC1Cc2ccccc2N1S(=O)(=O)c1cn(Cc2ccccc2)nc1C(C)(C)C. The highest BCUT2D eigenvalue weighted by atomic mass is 32.2. The number of anilines is 1. The third-order valence-corrected chi connectivity index (χ3v) is 7.24. The average Bonchev–Trinajstić information content (AvgIpc) is 3.23. The van der Waals surface area contributed by atoms with Gasteiger partial charge in [0.2, 0.25) is 0 Å². The van der Waals surface area contributed by atoms with E-state index in [2.05, 4.69) is 0 Å². The molecule has 1 aliphatic heterocycles. The van der Waals surface area contributed by atoms with Crippen LogP contribution in [0.3, 0.4) is 0 Å². The molecule has 29 heavy (non-hydrogen) atoms. The molecule has 0 radical (unpaired) electrons. The predicted molar refractivity (Wildman–Crippen MR) is 116 cm³/mol. The third-order valence-electron chi connectivity index (χ3n) is 5.31. The summed E-state index contributed by atoms with van der Waals surface area (Å²) in [5, 5.41) is 4.71. The summed E-state index contributed by atoms with van der Waals surface area (Å²) >= 11 is 0. The van der Waals surface area contributed by atoms with Gasteiger partial charge in [0.1, 0.15) is 4.90 Å². The first-order chi connectivity index (χ1) is 13.7. The van der Waals surface area contributed by atoms with Gasteiger partial charge in [-0.2, -0.15) is 5.10 Å². The largest absolute Gasteiger partial charge is 0.268 e. The molecule has 0 bridgehead atoms. The fourth-order valence-electron chi connectivity index (χ4n) is 3.97. The van der Waals surface area contributed by atoms with Gasteiger partial charge in [0.05, 0.1) is 17.9 Å². The van der Waals surface area contributed by atoms with Gasteiger partial charge in [0.25, 0.3) is 10.0 Å². The zero-order valence-corrected chi connectivity index (χ0v) is 18.1. The number of aromatic nitrogens is 2. The molecule has 3 aromatic rings. The van der Waals surface area contributed by atoms with E-state index in [0.717, 1.165) is 23.2 Å². The fourth-order valence-corrected chi connectivity index (χ4v) is 6.02. The van der Waals surface area contributed by atoms with Crippen molar-refractivity contribution in [2.24, 2.45) is 0 Å². The lowest BCUT2D eigenvalue weighted by Crippen LogP contribution is -2.36. The van der Waals surface area contributed by atoms with Crippen molar-refractivity contribution in [1.29, 1.82) is 0 Å². The lowest BCUT2D eigenvalue weighted by Gasteiger charge is -2.26. The smallest absolute Gasteiger partial charge is 0.267 e. The number of hydrogen-bond acceptors (Lipinski definition) is 3. The van der Waals surface area contributed by atoms with Crippen molar-refractivity contribution in [2.75, 3.05) is 4.31 Å². The molecule has 1 unspecified atom stereocenters. The van der Waals surface area contributed by atoms with Crippen LogP contribution < -0.4 is 4.31 Å². The van der Waals surface area contributed by atoms with Gasteiger partial charge < -0.3 is 0 Å². The van der Waals surface area contributed by atoms with Crippen LogP contribution in [0, 0.1) is 0 Å². The van der Waals surface area contributed by atoms with Gasteiger partial charge in [-0.15, -0.1) is 0 Å². The van der Waals surface area contributed by atoms with E-state index >= 15 is 0 Å². The molecule has 0 saturated carbocycles. The van der Waals surface area contributed by atoms with Crippen LogP contribution in [-0.4, -0.2) is 24.2 Å². The van der Waals surface area contributed by atoms with Crippen LogP contribution in [0.2, 0.25) is 0 Å². The first-order valence-corrected chi connectivity index (χ1v) is 11.4. The number of benzene rings is 2. The van der Waals surface area contributed by atoms with Gasteiger partial charge in [-0.1, -0.05) is 69.3 Å². The molecule has 2 aromatic carbocycles. The van der Waals surface area contributed by atoms with Crippen molar-refractivity contribution in [2.45, 2.75) is 57.0 Å². The predicted octanol–water partition coefficient (Wildman–Crippen LogP) is 4.37. The molecule has 6 heteroatoms. The Morgan fingerprint density at radius 1 is 1.03 bits per heavy atom. The molecular weight excluding hydrogens is 382 g/mol. The maximum atomic E-state index is 13.8. The second-order valence-corrected chi connectivity index (χ2v) is 10.5. The fraction of sp³-hybridized carbons (Fsp3) is 0.348. The van der Waals surface area contributed by atoms with E-state index in [0.29, 0.717) is 17.1 Å². The summed E-state index contributed by atoms with van der Waals surface area (Å²) in [6, 6.07) is 17.6. The van der Waals surface area contributed by atoms with Crippen LogP contribution in [0.15, 0.2) is 65.7 Å². The lowest BCUT2D eigenvalue weighted by molar-refractivity contribution is 0.531. The monoisotopic (exact) mass is 409 g/mol. The van der Waals surface area contributed by atoms with Crippen LogP contribution in [0.1, 0.15) is 44.5 Å². The summed E-state index contributed by atoms with van der Waals surface area (Å²) in [5.41, 5.74) is 3.13. The summed E-state index contributed by atoms with van der Waals surface area (Å²) in [6.45, 7) is 8.50. The highest BCUT2D eigenvalue weighted by Crippen LogP contribution is 2.39. The van der Waals surface area contributed by atoms with Crippen LogP contribution in [0.4, 0.5) is 5.69 Å². The van der Waals surface area contributed by atoms with E-state index in [4.69, 9.17) is 5.10 Å². The number of hydrogen-bond donors (Lipinski definition) is 0. The molecule has 1 aromatic heterocycles. The van der Waals surface area contributed by atoms with Gasteiger partial charge in [0, 0.05) is 17.7 Å². The highest BCUT2D eigenvalue weighted by Gasteiger charge is 2.40. The quantitative estimate of drug-likeness (QED) is 0.643.